The van der Waals surface area contributed by atoms with Gasteiger partial charge >= 0.3 is 0 Å². The molecule has 0 bridgehead atoms. The second-order valence-electron chi connectivity index (χ2n) is 4.39. The molecule has 98 valence electrons. The van der Waals surface area contributed by atoms with Crippen molar-refractivity contribution in [3.8, 4) is 6.07 Å². The number of benzene rings is 2. The highest BCUT2D eigenvalue weighted by atomic mass is 35.5. The van der Waals surface area contributed by atoms with Crippen molar-refractivity contribution in [3.05, 3.63) is 64.9 Å². The summed E-state index contributed by atoms with van der Waals surface area (Å²) in [5.41, 5.74) is 3.30. The first-order valence-electron chi connectivity index (χ1n) is 6.18. The van der Waals surface area contributed by atoms with Crippen molar-refractivity contribution in [2.45, 2.75) is 6.54 Å². The Kier molecular flexibility index (Phi) is 3.32. The third-order valence-corrected chi connectivity index (χ3v) is 3.44. The van der Waals surface area contributed by atoms with E-state index in [2.05, 4.69) is 11.4 Å². The Morgan fingerprint density at radius 1 is 1.10 bits per heavy atom. The lowest BCUT2D eigenvalue weighted by Gasteiger charge is -2.05. The van der Waals surface area contributed by atoms with Crippen LogP contribution in [-0.2, 0) is 6.54 Å². The summed E-state index contributed by atoms with van der Waals surface area (Å²) >= 11 is 6.13. The largest absolute Gasteiger partial charge is 0.444 e. The number of halogens is 1. The fraction of sp³-hybridized carbons (Fsp3) is 0.0625. The van der Waals surface area contributed by atoms with E-state index in [1.54, 1.807) is 12.1 Å². The summed E-state index contributed by atoms with van der Waals surface area (Å²) in [5.74, 6) is 0. The van der Waals surface area contributed by atoms with Crippen LogP contribution in [0, 0.1) is 11.3 Å². The normalized spacial score (nSPS) is 10.4. The summed E-state index contributed by atoms with van der Waals surface area (Å²) in [6.45, 7) is 0.571. The molecule has 1 heterocycles. The van der Waals surface area contributed by atoms with E-state index in [0.717, 1.165) is 22.2 Å². The molecule has 4 heteroatoms. The predicted octanol–water partition coefficient (Wildman–Crippen LogP) is 4.57. The lowest BCUT2D eigenvalue weighted by atomic mass is 10.1. The van der Waals surface area contributed by atoms with Gasteiger partial charge in [0.2, 0.25) is 0 Å². The number of hydrogen-bond donors (Lipinski definition) is 1. The maximum atomic E-state index is 8.76. The van der Waals surface area contributed by atoms with Crippen molar-refractivity contribution in [3.63, 3.8) is 0 Å². The van der Waals surface area contributed by atoms with Gasteiger partial charge in [-0.2, -0.15) is 5.26 Å². The standard InChI is InChI=1S/C16H11ClN2O/c17-16-14(13-3-1-2-4-15(13)20-16)10-19-12-7-5-11(9-18)6-8-12/h1-8,19H,10H2. The summed E-state index contributed by atoms with van der Waals surface area (Å²) < 4.78 is 5.51. The zero-order chi connectivity index (χ0) is 13.9. The number of nitrogens with one attached hydrogen (secondary N) is 1. The molecule has 0 saturated carbocycles. The Labute approximate surface area is 121 Å². The van der Waals surface area contributed by atoms with Gasteiger partial charge in [-0.05, 0) is 41.9 Å². The maximum Gasteiger partial charge on any atom is 0.199 e. The van der Waals surface area contributed by atoms with E-state index in [1.807, 2.05) is 36.4 Å². The van der Waals surface area contributed by atoms with Gasteiger partial charge < -0.3 is 9.73 Å². The van der Waals surface area contributed by atoms with Crippen LogP contribution in [0.25, 0.3) is 11.0 Å². The average molecular weight is 283 g/mol. The minimum absolute atomic E-state index is 0.410. The second kappa shape index (κ2) is 5.28. The average Bonchev–Trinajstić information content (AvgIpc) is 2.81. The van der Waals surface area contributed by atoms with E-state index < -0.39 is 0 Å². The Morgan fingerprint density at radius 2 is 1.85 bits per heavy atom. The Bertz CT molecular complexity index is 784. The molecule has 0 atom stereocenters. The molecule has 20 heavy (non-hydrogen) atoms. The fourth-order valence-corrected chi connectivity index (χ4v) is 2.34. The first-order chi connectivity index (χ1) is 9.78. The van der Waals surface area contributed by atoms with Gasteiger partial charge in [-0.15, -0.1) is 0 Å². The minimum atomic E-state index is 0.410. The molecule has 0 fully saturated rings. The van der Waals surface area contributed by atoms with Crippen molar-refractivity contribution in [2.75, 3.05) is 5.32 Å². The van der Waals surface area contributed by atoms with Crippen LogP contribution in [0.5, 0.6) is 0 Å². The summed E-state index contributed by atoms with van der Waals surface area (Å²) in [7, 11) is 0. The third kappa shape index (κ3) is 2.34. The molecule has 0 aliphatic rings. The molecule has 0 radical (unpaired) electrons. The van der Waals surface area contributed by atoms with E-state index in [-0.39, 0.29) is 0 Å². The predicted molar refractivity (Wildman–Crippen MR) is 79.7 cm³/mol. The van der Waals surface area contributed by atoms with Gasteiger partial charge in [0.15, 0.2) is 5.22 Å². The van der Waals surface area contributed by atoms with Crippen LogP contribution < -0.4 is 5.32 Å². The van der Waals surface area contributed by atoms with Crippen molar-refractivity contribution in [2.24, 2.45) is 0 Å². The van der Waals surface area contributed by atoms with E-state index >= 15 is 0 Å². The highest BCUT2D eigenvalue weighted by Gasteiger charge is 2.11. The Hall–Kier alpha value is -2.44. The summed E-state index contributed by atoms with van der Waals surface area (Å²) in [4.78, 5) is 0. The maximum absolute atomic E-state index is 8.76. The Morgan fingerprint density at radius 3 is 2.60 bits per heavy atom. The SMILES string of the molecule is N#Cc1ccc(NCc2c(Cl)oc3ccccc23)cc1. The van der Waals surface area contributed by atoms with Crippen molar-refractivity contribution in [1.29, 1.82) is 5.26 Å². The number of para-hydroxylation sites is 1. The molecule has 0 amide bonds. The van der Waals surface area contributed by atoms with Gasteiger partial charge in [-0.25, -0.2) is 0 Å². The molecule has 0 spiro atoms. The van der Waals surface area contributed by atoms with Gasteiger partial charge in [0.05, 0.1) is 11.6 Å². The van der Waals surface area contributed by atoms with E-state index in [4.69, 9.17) is 21.3 Å². The highest BCUT2D eigenvalue weighted by Crippen LogP contribution is 2.30. The zero-order valence-electron chi connectivity index (χ0n) is 10.6. The number of furan rings is 1. The molecule has 3 aromatic rings. The van der Waals surface area contributed by atoms with Gasteiger partial charge in [0, 0.05) is 23.2 Å². The first-order valence-corrected chi connectivity index (χ1v) is 6.55. The van der Waals surface area contributed by atoms with Gasteiger partial charge in [0.25, 0.3) is 0 Å². The number of hydrogen-bond acceptors (Lipinski definition) is 3. The summed E-state index contributed by atoms with van der Waals surface area (Å²) in [6.07, 6.45) is 0. The molecule has 0 aliphatic carbocycles. The number of rotatable bonds is 3. The van der Waals surface area contributed by atoms with Gasteiger partial charge in [-0.3, -0.25) is 0 Å². The quantitative estimate of drug-likeness (QED) is 0.765. The van der Waals surface area contributed by atoms with Crippen LogP contribution >= 0.6 is 11.6 Å². The first kappa shape index (κ1) is 12.6. The molecule has 0 saturated heterocycles. The lowest BCUT2D eigenvalue weighted by molar-refractivity contribution is 0.613. The van der Waals surface area contributed by atoms with Crippen molar-refractivity contribution in [1.82, 2.24) is 0 Å². The highest BCUT2D eigenvalue weighted by molar-refractivity contribution is 6.30. The van der Waals surface area contributed by atoms with E-state index in [1.165, 1.54) is 0 Å². The zero-order valence-corrected chi connectivity index (χ0v) is 11.3. The summed E-state index contributed by atoms with van der Waals surface area (Å²) in [6, 6.07) is 17.1. The second-order valence-corrected chi connectivity index (χ2v) is 4.74. The summed E-state index contributed by atoms with van der Waals surface area (Å²) in [5, 5.41) is 13.5. The van der Waals surface area contributed by atoms with Crippen LogP contribution in [0.1, 0.15) is 11.1 Å². The number of anilines is 1. The molecule has 3 nitrogen and oxygen atoms in total. The van der Waals surface area contributed by atoms with E-state index in [9.17, 15) is 0 Å². The molecule has 0 aliphatic heterocycles. The molecular weight excluding hydrogens is 272 g/mol. The minimum Gasteiger partial charge on any atom is -0.444 e. The van der Waals surface area contributed by atoms with Gasteiger partial charge in [-0.1, -0.05) is 18.2 Å². The van der Waals surface area contributed by atoms with Crippen LogP contribution in [-0.4, -0.2) is 0 Å². The number of nitrogens with zero attached hydrogens (tertiary/aromatic N) is 1. The van der Waals surface area contributed by atoms with Crippen molar-refractivity contribution >= 4 is 28.3 Å². The molecule has 1 aromatic heterocycles. The third-order valence-electron chi connectivity index (χ3n) is 3.13. The molecular formula is C16H11ClN2O. The molecule has 2 aromatic carbocycles. The monoisotopic (exact) mass is 282 g/mol. The molecule has 1 N–H and O–H groups in total. The van der Waals surface area contributed by atoms with Crippen LogP contribution in [0.15, 0.2) is 52.9 Å². The Balaban J connectivity index is 1.83. The fourth-order valence-electron chi connectivity index (χ4n) is 2.09. The smallest absolute Gasteiger partial charge is 0.199 e. The molecule has 0 unspecified atom stereocenters. The number of nitriles is 1. The topological polar surface area (TPSA) is 49.0 Å². The van der Waals surface area contributed by atoms with Crippen LogP contribution in [0.4, 0.5) is 5.69 Å². The van der Waals surface area contributed by atoms with Crippen LogP contribution in [0.2, 0.25) is 5.22 Å². The van der Waals surface area contributed by atoms with Crippen LogP contribution in [0.3, 0.4) is 0 Å². The van der Waals surface area contributed by atoms with Crippen molar-refractivity contribution < 1.29 is 4.42 Å². The van der Waals surface area contributed by atoms with Gasteiger partial charge in [0.1, 0.15) is 5.58 Å². The number of fused-ring (bicyclic) bond motifs is 1. The lowest BCUT2D eigenvalue weighted by Crippen LogP contribution is -1.99. The molecule has 3 rings (SSSR count). The van der Waals surface area contributed by atoms with E-state index in [0.29, 0.717) is 17.3 Å².